The zero-order valence-electron chi connectivity index (χ0n) is 15.1. The van der Waals surface area contributed by atoms with E-state index >= 15 is 0 Å². The Morgan fingerprint density at radius 3 is 1.92 bits per heavy atom. The fraction of sp³-hybridized carbons (Fsp3) is 0.368. The minimum Gasteiger partial charge on any atom is -1.00 e. The summed E-state index contributed by atoms with van der Waals surface area (Å²) in [5.74, 6) is 0. The van der Waals surface area contributed by atoms with Crippen LogP contribution >= 0.6 is 0 Å². The van der Waals surface area contributed by atoms with Gasteiger partial charge in [0.1, 0.15) is 0 Å². The molecule has 3 rings (SSSR count). The van der Waals surface area contributed by atoms with Crippen LogP contribution in [0.3, 0.4) is 0 Å². The third-order valence-electron chi connectivity index (χ3n) is 3.39. The smallest absolute Gasteiger partial charge is 1.00 e. The standard InChI is InChI=1S/C15H15Si.C4H11N.2ClH.Ti/c1-16(2)15-9-5-8-13-12-7-4-3-6-11(12)10-14(13)15;1-4(2,3)5;;;/h3-9H,10H2,1-2H3;5H2,1-3H3;2*1H;/q;;;;+2/p-2. The van der Waals surface area contributed by atoms with Crippen molar-refractivity contribution in [2.45, 2.75) is 45.8 Å². The summed E-state index contributed by atoms with van der Waals surface area (Å²) in [6, 6.07) is 15.6. The average molecular weight is 415 g/mol. The summed E-state index contributed by atoms with van der Waals surface area (Å²) in [6.07, 6.45) is 1.14. The molecule has 0 fully saturated rings. The van der Waals surface area contributed by atoms with Gasteiger partial charge in [-0.3, -0.25) is 0 Å². The summed E-state index contributed by atoms with van der Waals surface area (Å²) in [7, 11) is -0.353. The molecule has 2 N–H and O–H groups in total. The quantitative estimate of drug-likeness (QED) is 0.456. The summed E-state index contributed by atoms with van der Waals surface area (Å²) in [4.78, 5) is 0. The molecule has 2 aromatic carbocycles. The van der Waals surface area contributed by atoms with Crippen molar-refractivity contribution in [1.82, 2.24) is 0 Å². The van der Waals surface area contributed by atoms with Gasteiger partial charge in [-0.05, 0) is 49.4 Å². The van der Waals surface area contributed by atoms with E-state index in [0.717, 1.165) is 6.42 Å². The average Bonchev–Trinajstić information content (AvgIpc) is 2.74. The summed E-state index contributed by atoms with van der Waals surface area (Å²) < 4.78 is 0. The molecule has 5 heteroatoms. The summed E-state index contributed by atoms with van der Waals surface area (Å²) in [6.45, 7) is 10.7. The van der Waals surface area contributed by atoms with Crippen molar-refractivity contribution in [3.05, 3.63) is 53.6 Å². The molecule has 24 heavy (non-hydrogen) atoms. The van der Waals surface area contributed by atoms with Crippen LogP contribution in [0.2, 0.25) is 13.1 Å². The molecule has 1 nitrogen and oxygen atoms in total. The minimum absolute atomic E-state index is 0. The second-order valence-corrected chi connectivity index (χ2v) is 9.57. The van der Waals surface area contributed by atoms with Crippen LogP contribution in [0, 0.1) is 0 Å². The van der Waals surface area contributed by atoms with Crippen LogP contribution in [0.5, 0.6) is 0 Å². The molecule has 0 aliphatic heterocycles. The van der Waals surface area contributed by atoms with Crippen molar-refractivity contribution < 1.29 is 46.5 Å². The molecular weight excluding hydrogens is 389 g/mol. The zero-order chi connectivity index (χ0) is 15.6. The normalized spacial score (nSPS) is 11.0. The fourth-order valence-electron chi connectivity index (χ4n) is 2.63. The summed E-state index contributed by atoms with van der Waals surface area (Å²) in [5, 5.41) is 1.61. The second-order valence-electron chi connectivity index (χ2n) is 7.03. The summed E-state index contributed by atoms with van der Waals surface area (Å²) >= 11 is 0. The maximum Gasteiger partial charge on any atom is 2.00 e. The first-order valence-corrected chi connectivity index (χ1v) is 10.1. The Balaban J connectivity index is 0. The molecule has 1 radical (unpaired) electrons. The molecule has 0 heterocycles. The van der Waals surface area contributed by atoms with Gasteiger partial charge in [-0.1, -0.05) is 60.7 Å². The number of hydrogen-bond donors (Lipinski definition) is 1. The predicted octanol–water partition coefficient (Wildman–Crippen LogP) is -2.03. The molecule has 1 aliphatic rings. The van der Waals surface area contributed by atoms with E-state index in [0.29, 0.717) is 0 Å². The molecule has 1 aliphatic carbocycles. The van der Waals surface area contributed by atoms with E-state index in [9.17, 15) is 0 Å². The van der Waals surface area contributed by atoms with Gasteiger partial charge >= 0.3 is 21.7 Å². The van der Waals surface area contributed by atoms with Crippen LogP contribution < -0.4 is 35.7 Å². The number of nitrogens with two attached hydrogens (primary N) is 1. The zero-order valence-corrected chi connectivity index (χ0v) is 19.2. The second kappa shape index (κ2) is 10.8. The first-order valence-electron chi connectivity index (χ1n) is 7.57. The molecule has 0 bridgehead atoms. The van der Waals surface area contributed by atoms with Gasteiger partial charge in [0.05, 0.1) is 8.80 Å². The number of benzene rings is 2. The van der Waals surface area contributed by atoms with Crippen LogP contribution in [0.15, 0.2) is 42.5 Å². The Bertz CT molecular complexity index is 634. The molecule has 0 atom stereocenters. The maximum absolute atomic E-state index is 5.35. The summed E-state index contributed by atoms with van der Waals surface area (Å²) in [5.41, 5.74) is 11.4. The van der Waals surface area contributed by atoms with Crippen molar-refractivity contribution in [3.63, 3.8) is 0 Å². The van der Waals surface area contributed by atoms with E-state index in [4.69, 9.17) is 5.73 Å². The van der Waals surface area contributed by atoms with E-state index in [1.165, 1.54) is 16.7 Å². The van der Waals surface area contributed by atoms with Crippen LogP contribution in [0.4, 0.5) is 0 Å². The molecule has 129 valence electrons. The van der Waals surface area contributed by atoms with Gasteiger partial charge in [0.2, 0.25) is 0 Å². The first kappa shape index (κ1) is 26.1. The van der Waals surface area contributed by atoms with Crippen molar-refractivity contribution in [3.8, 4) is 11.1 Å². The van der Waals surface area contributed by atoms with Gasteiger partial charge in [-0.25, -0.2) is 0 Å². The molecule has 0 saturated heterocycles. The van der Waals surface area contributed by atoms with E-state index in [-0.39, 0.29) is 60.9 Å². The first-order chi connectivity index (χ1) is 9.77. The van der Waals surface area contributed by atoms with Gasteiger partial charge in [0, 0.05) is 5.54 Å². The number of halogens is 2. The molecule has 0 aromatic heterocycles. The molecule has 0 spiro atoms. The molecule has 2 aromatic rings. The molecule has 0 unspecified atom stereocenters. The van der Waals surface area contributed by atoms with Gasteiger partial charge in [0.25, 0.3) is 0 Å². The van der Waals surface area contributed by atoms with Gasteiger partial charge in [-0.2, -0.15) is 0 Å². The van der Waals surface area contributed by atoms with E-state index in [1.54, 1.807) is 10.8 Å². The van der Waals surface area contributed by atoms with Gasteiger partial charge in [-0.15, -0.1) is 0 Å². The third kappa shape index (κ3) is 7.03. The largest absolute Gasteiger partial charge is 2.00 e. The van der Waals surface area contributed by atoms with Gasteiger partial charge < -0.3 is 30.5 Å². The number of fused-ring (bicyclic) bond motifs is 3. The Morgan fingerprint density at radius 1 is 0.875 bits per heavy atom. The van der Waals surface area contributed by atoms with Crippen molar-refractivity contribution in [2.24, 2.45) is 5.73 Å². The Kier molecular flexibility index (Phi) is 11.8. The molecule has 0 amide bonds. The third-order valence-corrected chi connectivity index (χ3v) is 4.94. The van der Waals surface area contributed by atoms with Crippen LogP contribution in [0.1, 0.15) is 31.9 Å². The van der Waals surface area contributed by atoms with Crippen LogP contribution in [0.25, 0.3) is 11.1 Å². The van der Waals surface area contributed by atoms with Crippen LogP contribution in [-0.4, -0.2) is 14.3 Å². The van der Waals surface area contributed by atoms with Crippen LogP contribution in [-0.2, 0) is 28.1 Å². The Morgan fingerprint density at radius 2 is 1.38 bits per heavy atom. The Labute approximate surface area is 176 Å². The van der Waals surface area contributed by atoms with Gasteiger partial charge in [0.15, 0.2) is 0 Å². The number of hydrogen-bond acceptors (Lipinski definition) is 1. The SMILES string of the molecule is CC(C)(C)N.C[Si](C)c1cccc2c1Cc1ccccc1-2.[Cl-].[Cl-].[Ti+2]. The predicted molar refractivity (Wildman–Crippen MR) is 95.7 cm³/mol. The van der Waals surface area contributed by atoms with E-state index in [1.807, 2.05) is 20.8 Å². The maximum atomic E-state index is 5.35. The van der Waals surface area contributed by atoms with Crippen molar-refractivity contribution >= 4 is 14.0 Å². The molecule has 0 saturated carbocycles. The Hall–Kier alpha value is -0.0888. The van der Waals surface area contributed by atoms with E-state index in [2.05, 4.69) is 55.6 Å². The van der Waals surface area contributed by atoms with Crippen molar-refractivity contribution in [1.29, 1.82) is 0 Å². The fourth-order valence-corrected chi connectivity index (χ4v) is 3.88. The number of rotatable bonds is 1. The molecular formula is C19H26Cl2NSiTi. The van der Waals surface area contributed by atoms with Crippen molar-refractivity contribution in [2.75, 3.05) is 0 Å². The van der Waals surface area contributed by atoms with E-state index < -0.39 is 0 Å². The minimum atomic E-state index is -0.353. The topological polar surface area (TPSA) is 26.0 Å². The monoisotopic (exact) mass is 414 g/mol.